The highest BCUT2D eigenvalue weighted by molar-refractivity contribution is 6.00. The molecule has 28 heavy (non-hydrogen) atoms. The van der Waals surface area contributed by atoms with Gasteiger partial charge in [0.2, 0.25) is 0 Å². The quantitative estimate of drug-likeness (QED) is 0.797. The molecule has 1 aliphatic heterocycles. The Labute approximate surface area is 161 Å². The maximum Gasteiger partial charge on any atom is 0.335 e. The van der Waals surface area contributed by atoms with Crippen molar-refractivity contribution >= 4 is 17.7 Å². The lowest BCUT2D eigenvalue weighted by molar-refractivity contribution is -0.142. The molecule has 2 heterocycles. The number of ether oxygens (including phenoxy) is 1. The Bertz CT molecular complexity index is 1010. The van der Waals surface area contributed by atoms with E-state index in [9.17, 15) is 14.4 Å². The van der Waals surface area contributed by atoms with Gasteiger partial charge in [0.15, 0.2) is 5.78 Å². The normalized spacial score (nSPS) is 21.3. The Hall–Kier alpha value is -3.15. The van der Waals surface area contributed by atoms with Crippen LogP contribution < -0.4 is 0 Å². The first-order chi connectivity index (χ1) is 13.2. The third-order valence-electron chi connectivity index (χ3n) is 5.22. The smallest absolute Gasteiger partial charge is 0.335 e. The lowest BCUT2D eigenvalue weighted by Crippen LogP contribution is -2.33. The summed E-state index contributed by atoms with van der Waals surface area (Å²) in [5, 5.41) is 9.01. The Kier molecular flexibility index (Phi) is 4.22. The number of Topliss-reactive ketones (excluding diaryl/α,β-unsaturated/α-hetero) is 1. The van der Waals surface area contributed by atoms with Gasteiger partial charge in [-0.1, -0.05) is 26.0 Å². The molecule has 2 aromatic rings. The highest BCUT2D eigenvalue weighted by Gasteiger charge is 2.43. The monoisotopic (exact) mass is 380 g/mol. The van der Waals surface area contributed by atoms with Crippen molar-refractivity contribution < 1.29 is 28.6 Å². The summed E-state index contributed by atoms with van der Waals surface area (Å²) >= 11 is 0. The van der Waals surface area contributed by atoms with E-state index >= 15 is 0 Å². The summed E-state index contributed by atoms with van der Waals surface area (Å²) in [6.07, 6.45) is 1.01. The molecule has 0 amide bonds. The molecule has 0 saturated carbocycles. The van der Waals surface area contributed by atoms with Gasteiger partial charge in [-0.2, -0.15) is 0 Å². The second-order valence-corrected chi connectivity index (χ2v) is 8.09. The fourth-order valence-corrected chi connectivity index (χ4v) is 3.92. The number of carbonyl (C=O) groups excluding carboxylic acids is 2. The number of carboxylic acids is 1. The highest BCUT2D eigenvalue weighted by atomic mass is 16.5. The van der Waals surface area contributed by atoms with Crippen LogP contribution in [0.3, 0.4) is 0 Å². The van der Waals surface area contributed by atoms with Crippen molar-refractivity contribution in [3.05, 3.63) is 59.1 Å². The number of hydrogen-bond donors (Lipinski definition) is 1. The average molecular weight is 380 g/mol. The zero-order valence-electron chi connectivity index (χ0n) is 15.7. The van der Waals surface area contributed by atoms with Gasteiger partial charge in [0, 0.05) is 24.0 Å². The first-order valence-corrected chi connectivity index (χ1v) is 9.14. The Morgan fingerprint density at radius 1 is 1.07 bits per heavy atom. The number of esters is 1. The highest BCUT2D eigenvalue weighted by Crippen LogP contribution is 2.46. The minimum Gasteiger partial charge on any atom is -0.478 e. The van der Waals surface area contributed by atoms with Crippen LogP contribution in [0.25, 0.3) is 11.3 Å². The van der Waals surface area contributed by atoms with E-state index in [1.54, 1.807) is 24.3 Å². The second-order valence-electron chi connectivity index (χ2n) is 8.09. The summed E-state index contributed by atoms with van der Waals surface area (Å²) in [6.45, 7) is 3.97. The van der Waals surface area contributed by atoms with Crippen LogP contribution >= 0.6 is 0 Å². The van der Waals surface area contributed by atoms with Crippen molar-refractivity contribution in [2.45, 2.75) is 39.0 Å². The van der Waals surface area contributed by atoms with Crippen molar-refractivity contribution in [3.8, 4) is 11.3 Å². The molecule has 0 unspecified atom stereocenters. The van der Waals surface area contributed by atoms with Crippen molar-refractivity contribution in [3.63, 3.8) is 0 Å². The molecule has 1 atom stereocenters. The molecule has 0 fully saturated rings. The molecule has 6 nitrogen and oxygen atoms in total. The molecule has 0 bridgehead atoms. The van der Waals surface area contributed by atoms with Crippen LogP contribution in [0, 0.1) is 5.41 Å². The SMILES string of the molecule is CC1(C)CC(=O)C2=C(C1)OC(=O)C[C@@H]2c1ccc(-c2ccc(C(=O)O)cc2)o1. The average Bonchev–Trinajstić information content (AvgIpc) is 3.09. The molecule has 1 N–H and O–H groups in total. The van der Waals surface area contributed by atoms with Crippen LogP contribution in [-0.2, 0) is 14.3 Å². The molecule has 0 spiro atoms. The number of benzene rings is 1. The molecule has 6 heteroatoms. The standard InChI is InChI=1S/C22H20O6/c1-22(2)10-15(23)20-14(9-19(24)28-18(20)11-22)17-8-7-16(27-17)12-3-5-13(6-4-12)21(25)26/h3-8,14H,9-11H2,1-2H3,(H,25,26)/t14-/m1/s1. The summed E-state index contributed by atoms with van der Waals surface area (Å²) in [5.41, 5.74) is 1.22. The molecular formula is C22H20O6. The van der Waals surface area contributed by atoms with Gasteiger partial charge in [0.1, 0.15) is 17.3 Å². The van der Waals surface area contributed by atoms with E-state index in [0.29, 0.717) is 35.7 Å². The molecular weight excluding hydrogens is 360 g/mol. The van der Waals surface area contributed by atoms with Crippen LogP contribution in [0.5, 0.6) is 0 Å². The van der Waals surface area contributed by atoms with E-state index in [-0.39, 0.29) is 29.2 Å². The van der Waals surface area contributed by atoms with E-state index in [2.05, 4.69) is 0 Å². The van der Waals surface area contributed by atoms with Crippen molar-refractivity contribution in [2.75, 3.05) is 0 Å². The number of carboxylic acid groups (broad SMARTS) is 1. The van der Waals surface area contributed by atoms with Gasteiger partial charge >= 0.3 is 11.9 Å². The molecule has 1 aromatic heterocycles. The van der Waals surface area contributed by atoms with Crippen LogP contribution in [0.4, 0.5) is 0 Å². The first-order valence-electron chi connectivity index (χ1n) is 9.14. The number of aromatic carboxylic acids is 1. The fraction of sp³-hybridized carbons (Fsp3) is 0.318. The first kappa shape index (κ1) is 18.2. The summed E-state index contributed by atoms with van der Waals surface area (Å²) in [7, 11) is 0. The van der Waals surface area contributed by atoms with Gasteiger partial charge in [-0.25, -0.2) is 4.79 Å². The van der Waals surface area contributed by atoms with E-state index in [1.807, 2.05) is 13.8 Å². The number of ketones is 1. The van der Waals surface area contributed by atoms with Crippen LogP contribution in [-0.4, -0.2) is 22.8 Å². The lowest BCUT2D eigenvalue weighted by atomic mass is 9.72. The van der Waals surface area contributed by atoms with Crippen molar-refractivity contribution in [1.29, 1.82) is 0 Å². The molecule has 0 radical (unpaired) electrons. The largest absolute Gasteiger partial charge is 0.478 e. The van der Waals surface area contributed by atoms with Gasteiger partial charge in [-0.15, -0.1) is 0 Å². The Morgan fingerprint density at radius 3 is 2.46 bits per heavy atom. The maximum atomic E-state index is 12.8. The predicted molar refractivity (Wildman–Crippen MR) is 99.6 cm³/mol. The Morgan fingerprint density at radius 2 is 1.79 bits per heavy atom. The van der Waals surface area contributed by atoms with Crippen molar-refractivity contribution in [2.24, 2.45) is 5.41 Å². The second kappa shape index (κ2) is 6.48. The zero-order valence-corrected chi connectivity index (χ0v) is 15.7. The van der Waals surface area contributed by atoms with Gasteiger partial charge in [0.05, 0.1) is 17.9 Å². The van der Waals surface area contributed by atoms with Crippen LogP contribution in [0.1, 0.15) is 55.1 Å². The lowest BCUT2D eigenvalue weighted by Gasteiger charge is -2.35. The number of furan rings is 1. The summed E-state index contributed by atoms with van der Waals surface area (Å²) in [6, 6.07) is 9.88. The van der Waals surface area contributed by atoms with Gasteiger partial charge in [0.25, 0.3) is 0 Å². The predicted octanol–water partition coefficient (Wildman–Crippen LogP) is 4.32. The maximum absolute atomic E-state index is 12.8. The molecule has 1 aromatic carbocycles. The van der Waals surface area contributed by atoms with Gasteiger partial charge in [-0.3, -0.25) is 9.59 Å². The van der Waals surface area contributed by atoms with E-state index in [0.717, 1.165) is 5.56 Å². The summed E-state index contributed by atoms with van der Waals surface area (Å²) in [4.78, 5) is 35.9. The number of carbonyl (C=O) groups is 3. The molecule has 0 saturated heterocycles. The zero-order chi connectivity index (χ0) is 20.1. The summed E-state index contributed by atoms with van der Waals surface area (Å²) < 4.78 is 11.4. The number of hydrogen-bond acceptors (Lipinski definition) is 5. The fourth-order valence-electron chi connectivity index (χ4n) is 3.92. The minimum absolute atomic E-state index is 0.00693. The molecule has 1 aliphatic carbocycles. The van der Waals surface area contributed by atoms with Crippen molar-refractivity contribution in [1.82, 2.24) is 0 Å². The van der Waals surface area contributed by atoms with E-state index in [1.165, 1.54) is 12.1 Å². The van der Waals surface area contributed by atoms with E-state index < -0.39 is 11.9 Å². The van der Waals surface area contributed by atoms with Crippen LogP contribution in [0.15, 0.2) is 52.1 Å². The topological polar surface area (TPSA) is 93.8 Å². The number of allylic oxidation sites excluding steroid dienone is 2. The van der Waals surface area contributed by atoms with Gasteiger partial charge in [-0.05, 0) is 29.7 Å². The minimum atomic E-state index is -0.995. The Balaban J connectivity index is 1.68. The summed E-state index contributed by atoms with van der Waals surface area (Å²) in [5.74, 6) is -0.264. The van der Waals surface area contributed by atoms with Crippen LogP contribution in [0.2, 0.25) is 0 Å². The molecule has 2 aliphatic rings. The molecule has 4 rings (SSSR count). The third kappa shape index (κ3) is 3.26. The third-order valence-corrected chi connectivity index (χ3v) is 5.22. The number of rotatable bonds is 3. The van der Waals surface area contributed by atoms with Gasteiger partial charge < -0.3 is 14.3 Å². The van der Waals surface area contributed by atoms with E-state index in [4.69, 9.17) is 14.3 Å². The molecule has 144 valence electrons.